The number of nitrogens with zero attached hydrogens (tertiary/aromatic N) is 1. The molecule has 1 aromatic heterocycles. The molecule has 0 spiro atoms. The number of carbonyl (C=O) groups is 1. The van der Waals surface area contributed by atoms with Crippen LogP contribution < -0.4 is 10.6 Å². The minimum Gasteiger partial charge on any atom is -0.349 e. The lowest BCUT2D eigenvalue weighted by atomic mass is 9.85. The van der Waals surface area contributed by atoms with Crippen molar-refractivity contribution in [1.29, 1.82) is 0 Å². The van der Waals surface area contributed by atoms with Crippen LogP contribution in [0.1, 0.15) is 36.0 Å². The van der Waals surface area contributed by atoms with Crippen molar-refractivity contribution in [3.8, 4) is 0 Å². The van der Waals surface area contributed by atoms with Crippen molar-refractivity contribution in [2.24, 2.45) is 5.92 Å². The molecule has 1 saturated carbocycles. The average Bonchev–Trinajstić information content (AvgIpc) is 3.12. The van der Waals surface area contributed by atoms with E-state index in [0.29, 0.717) is 51.1 Å². The van der Waals surface area contributed by atoms with Gasteiger partial charge >= 0.3 is 6.18 Å². The van der Waals surface area contributed by atoms with Crippen molar-refractivity contribution >= 4 is 51.8 Å². The lowest BCUT2D eigenvalue weighted by Crippen LogP contribution is -2.40. The van der Waals surface area contributed by atoms with Gasteiger partial charge in [0.15, 0.2) is 0 Å². The normalized spacial score (nSPS) is 19.4. The van der Waals surface area contributed by atoms with Gasteiger partial charge in [0.1, 0.15) is 0 Å². The highest BCUT2D eigenvalue weighted by Crippen LogP contribution is 2.37. The van der Waals surface area contributed by atoms with Crippen molar-refractivity contribution in [3.05, 3.63) is 52.0 Å². The number of imidazole rings is 1. The van der Waals surface area contributed by atoms with E-state index in [1.54, 1.807) is 36.4 Å². The number of carbonyl (C=O) groups excluding carboxylic acids is 1. The third kappa shape index (κ3) is 4.91. The number of aromatic nitrogens is 2. The molecule has 3 N–H and O–H groups in total. The van der Waals surface area contributed by atoms with Crippen LogP contribution in [0.4, 0.5) is 24.8 Å². The van der Waals surface area contributed by atoms with Gasteiger partial charge in [-0.1, -0.05) is 29.3 Å². The lowest BCUT2D eigenvalue weighted by molar-refractivity contribution is -0.182. The smallest absolute Gasteiger partial charge is 0.349 e. The quantitative estimate of drug-likeness (QED) is 0.409. The van der Waals surface area contributed by atoms with E-state index in [4.69, 9.17) is 23.2 Å². The molecule has 5 nitrogen and oxygen atoms in total. The molecule has 1 amide bonds. The van der Waals surface area contributed by atoms with Crippen molar-refractivity contribution in [3.63, 3.8) is 0 Å². The summed E-state index contributed by atoms with van der Waals surface area (Å²) >= 11 is 12.3. The van der Waals surface area contributed by atoms with E-state index in [2.05, 4.69) is 20.6 Å². The number of anilines is 2. The summed E-state index contributed by atoms with van der Waals surface area (Å²) in [5.74, 6) is -1.20. The van der Waals surface area contributed by atoms with Gasteiger partial charge in [0, 0.05) is 11.6 Å². The third-order valence-corrected chi connectivity index (χ3v) is 6.11. The molecule has 3 aromatic rings. The maximum Gasteiger partial charge on any atom is 0.391 e. The first-order chi connectivity index (χ1) is 14.7. The van der Waals surface area contributed by atoms with Crippen LogP contribution in [0.3, 0.4) is 0 Å². The molecule has 0 aliphatic heterocycles. The Morgan fingerprint density at radius 1 is 1.06 bits per heavy atom. The molecule has 1 fully saturated rings. The zero-order valence-corrected chi connectivity index (χ0v) is 17.7. The minimum atomic E-state index is -4.17. The number of H-pyrrole nitrogens is 1. The van der Waals surface area contributed by atoms with Crippen LogP contribution in [0.5, 0.6) is 0 Å². The Kier molecular flexibility index (Phi) is 6.03. The van der Waals surface area contributed by atoms with Gasteiger partial charge in [-0.3, -0.25) is 4.79 Å². The molecule has 4 rings (SSSR count). The van der Waals surface area contributed by atoms with Crippen LogP contribution in [-0.2, 0) is 0 Å². The van der Waals surface area contributed by atoms with E-state index < -0.39 is 12.1 Å². The summed E-state index contributed by atoms with van der Waals surface area (Å²) < 4.78 is 38.4. The molecule has 0 radical (unpaired) electrons. The van der Waals surface area contributed by atoms with Crippen LogP contribution in [0.2, 0.25) is 10.0 Å². The highest BCUT2D eigenvalue weighted by Gasteiger charge is 2.41. The van der Waals surface area contributed by atoms with E-state index in [9.17, 15) is 18.0 Å². The summed E-state index contributed by atoms with van der Waals surface area (Å²) in [5, 5.41) is 6.75. The maximum atomic E-state index is 12.8. The Labute approximate surface area is 186 Å². The molecular formula is C21H19Cl2F3N4O. The van der Waals surface area contributed by atoms with Gasteiger partial charge in [-0.05, 0) is 56.0 Å². The summed E-state index contributed by atoms with van der Waals surface area (Å²) in [4.78, 5) is 20.1. The minimum absolute atomic E-state index is 0.0342. The fraction of sp³-hybridized carbons (Fsp3) is 0.333. The summed E-state index contributed by atoms with van der Waals surface area (Å²) in [6.07, 6.45) is -3.47. The monoisotopic (exact) mass is 470 g/mol. The topological polar surface area (TPSA) is 69.8 Å². The number of fused-ring (bicyclic) bond motifs is 1. The van der Waals surface area contributed by atoms with Crippen LogP contribution in [-0.4, -0.2) is 28.1 Å². The number of para-hydroxylation sites is 1. The fourth-order valence-electron chi connectivity index (χ4n) is 3.78. The number of benzene rings is 2. The highest BCUT2D eigenvalue weighted by atomic mass is 35.5. The SMILES string of the molecule is O=C(N[C@H]1CC[C@@H](C(F)(F)F)CC1)c1ccc2[nH]c(Nc3c(Cl)cccc3Cl)nc2c1. The predicted molar refractivity (Wildman–Crippen MR) is 115 cm³/mol. The van der Waals surface area contributed by atoms with Crippen LogP contribution in [0.25, 0.3) is 11.0 Å². The summed E-state index contributed by atoms with van der Waals surface area (Å²) in [6.45, 7) is 0. The van der Waals surface area contributed by atoms with Crippen molar-refractivity contribution in [2.45, 2.75) is 37.9 Å². The second kappa shape index (κ2) is 8.59. The van der Waals surface area contributed by atoms with Gasteiger partial charge in [-0.15, -0.1) is 0 Å². The average molecular weight is 471 g/mol. The summed E-state index contributed by atoms with van der Waals surface area (Å²) in [7, 11) is 0. The number of halogens is 5. The number of hydrogen-bond acceptors (Lipinski definition) is 3. The number of nitrogens with one attached hydrogen (secondary N) is 3. The number of hydrogen-bond donors (Lipinski definition) is 3. The van der Waals surface area contributed by atoms with Gasteiger partial charge in [0.25, 0.3) is 5.91 Å². The van der Waals surface area contributed by atoms with Gasteiger partial charge in [-0.2, -0.15) is 13.2 Å². The van der Waals surface area contributed by atoms with Gasteiger partial charge in [-0.25, -0.2) is 4.98 Å². The molecule has 0 bridgehead atoms. The zero-order valence-electron chi connectivity index (χ0n) is 16.2. The molecular weight excluding hydrogens is 452 g/mol. The Balaban J connectivity index is 1.44. The summed E-state index contributed by atoms with van der Waals surface area (Å²) in [6, 6.07) is 9.85. The third-order valence-electron chi connectivity index (χ3n) is 5.48. The number of rotatable bonds is 4. The molecule has 10 heteroatoms. The van der Waals surface area contributed by atoms with E-state index >= 15 is 0 Å². The second-order valence-electron chi connectivity index (χ2n) is 7.60. The van der Waals surface area contributed by atoms with Gasteiger partial charge in [0.05, 0.1) is 32.7 Å². The molecule has 1 heterocycles. The largest absolute Gasteiger partial charge is 0.391 e. The first kappa shape index (κ1) is 21.8. The number of amides is 1. The number of aromatic amines is 1. The van der Waals surface area contributed by atoms with Gasteiger partial charge in [0.2, 0.25) is 5.95 Å². The van der Waals surface area contributed by atoms with Gasteiger partial charge < -0.3 is 15.6 Å². The molecule has 0 atom stereocenters. The van der Waals surface area contributed by atoms with Crippen molar-refractivity contribution in [1.82, 2.24) is 15.3 Å². The first-order valence-corrected chi connectivity index (χ1v) is 10.5. The molecule has 164 valence electrons. The standard InChI is InChI=1S/C21H19Cl2F3N4O/c22-14-2-1-3-15(23)18(14)30-20-28-16-9-4-11(10-17(16)29-20)19(31)27-13-7-5-12(6-8-13)21(24,25)26/h1-4,9-10,12-13H,5-8H2,(H,27,31)(H2,28,29,30)/t12-,13+. The molecule has 1 aliphatic carbocycles. The molecule has 2 aromatic carbocycles. The first-order valence-electron chi connectivity index (χ1n) is 9.79. The highest BCUT2D eigenvalue weighted by molar-refractivity contribution is 6.39. The Bertz CT molecular complexity index is 1090. The summed E-state index contributed by atoms with van der Waals surface area (Å²) in [5.41, 5.74) is 2.16. The van der Waals surface area contributed by atoms with Crippen LogP contribution in [0.15, 0.2) is 36.4 Å². The van der Waals surface area contributed by atoms with Crippen molar-refractivity contribution < 1.29 is 18.0 Å². The van der Waals surface area contributed by atoms with Crippen LogP contribution in [0, 0.1) is 5.92 Å². The van der Waals surface area contributed by atoms with Crippen LogP contribution >= 0.6 is 23.2 Å². The Morgan fingerprint density at radius 3 is 2.39 bits per heavy atom. The van der Waals surface area contributed by atoms with E-state index in [1.165, 1.54) is 0 Å². The molecule has 0 saturated heterocycles. The molecule has 1 aliphatic rings. The predicted octanol–water partition coefficient (Wildman–Crippen LogP) is 6.46. The van der Waals surface area contributed by atoms with E-state index in [-0.39, 0.29) is 24.8 Å². The second-order valence-corrected chi connectivity index (χ2v) is 8.42. The Hall–Kier alpha value is -2.45. The fourth-order valence-corrected chi connectivity index (χ4v) is 4.27. The maximum absolute atomic E-state index is 12.8. The Morgan fingerprint density at radius 2 is 1.74 bits per heavy atom. The molecule has 0 unspecified atom stereocenters. The van der Waals surface area contributed by atoms with E-state index in [0.717, 1.165) is 0 Å². The zero-order chi connectivity index (χ0) is 22.2. The lowest BCUT2D eigenvalue weighted by Gasteiger charge is -2.30. The van der Waals surface area contributed by atoms with Crippen molar-refractivity contribution in [2.75, 3.05) is 5.32 Å². The number of alkyl halides is 3. The van der Waals surface area contributed by atoms with E-state index in [1.807, 2.05) is 0 Å². The molecule has 31 heavy (non-hydrogen) atoms.